The Bertz CT molecular complexity index is 377. The zero-order valence-corrected chi connectivity index (χ0v) is 10.6. The van der Waals surface area contributed by atoms with Gasteiger partial charge in [-0.15, -0.1) is 0 Å². The Morgan fingerprint density at radius 2 is 2.12 bits per heavy atom. The highest BCUT2D eigenvalue weighted by Gasteiger charge is 2.13. The predicted molar refractivity (Wildman–Crippen MR) is 66.3 cm³/mol. The first kappa shape index (κ1) is 13.5. The summed E-state index contributed by atoms with van der Waals surface area (Å²) < 4.78 is 10.1. The molecule has 94 valence electrons. The molecule has 4 nitrogen and oxygen atoms in total. The molecule has 17 heavy (non-hydrogen) atoms. The molecule has 0 bridgehead atoms. The number of carbonyl (C=O) groups is 1. The van der Waals surface area contributed by atoms with E-state index in [1.807, 2.05) is 26.0 Å². The molecule has 0 radical (unpaired) electrons. The highest BCUT2D eigenvalue weighted by atomic mass is 16.5. The van der Waals surface area contributed by atoms with Crippen molar-refractivity contribution in [2.24, 2.45) is 0 Å². The third-order valence-corrected chi connectivity index (χ3v) is 2.33. The summed E-state index contributed by atoms with van der Waals surface area (Å²) in [5, 5.41) is 3.21. The second-order valence-electron chi connectivity index (χ2n) is 3.54. The number of rotatable bonds is 6. The SMILES string of the molecule is CCNCc1ccc(OCC)c(C(=O)OC)c1. The molecular weight excluding hydrogens is 218 g/mol. The molecule has 1 aromatic rings. The molecule has 0 heterocycles. The lowest BCUT2D eigenvalue weighted by Gasteiger charge is -2.10. The van der Waals surface area contributed by atoms with E-state index in [9.17, 15) is 4.79 Å². The van der Waals surface area contributed by atoms with Crippen LogP contribution in [0, 0.1) is 0 Å². The van der Waals surface area contributed by atoms with E-state index >= 15 is 0 Å². The standard InChI is InChI=1S/C13H19NO3/c1-4-14-9-10-6-7-12(17-5-2)11(8-10)13(15)16-3/h6-8,14H,4-5,9H2,1-3H3. The maximum atomic E-state index is 11.6. The van der Waals surface area contributed by atoms with E-state index in [0.29, 0.717) is 17.9 Å². The fraction of sp³-hybridized carbons (Fsp3) is 0.462. The number of hydrogen-bond acceptors (Lipinski definition) is 4. The van der Waals surface area contributed by atoms with Gasteiger partial charge in [0, 0.05) is 6.54 Å². The summed E-state index contributed by atoms with van der Waals surface area (Å²) in [4.78, 5) is 11.6. The van der Waals surface area contributed by atoms with Gasteiger partial charge in [-0.2, -0.15) is 0 Å². The molecular formula is C13H19NO3. The molecule has 0 unspecified atom stereocenters. The summed E-state index contributed by atoms with van der Waals surface area (Å²) in [7, 11) is 1.37. The third kappa shape index (κ3) is 3.75. The van der Waals surface area contributed by atoms with Crippen molar-refractivity contribution in [3.63, 3.8) is 0 Å². The normalized spacial score (nSPS) is 10.1. The van der Waals surface area contributed by atoms with E-state index in [4.69, 9.17) is 9.47 Å². The second-order valence-corrected chi connectivity index (χ2v) is 3.54. The van der Waals surface area contributed by atoms with Gasteiger partial charge in [0.1, 0.15) is 11.3 Å². The van der Waals surface area contributed by atoms with Crippen molar-refractivity contribution in [3.8, 4) is 5.75 Å². The molecule has 0 atom stereocenters. The molecule has 0 saturated carbocycles. The van der Waals surface area contributed by atoms with Gasteiger partial charge in [-0.05, 0) is 31.2 Å². The summed E-state index contributed by atoms with van der Waals surface area (Å²) in [6, 6.07) is 5.56. The summed E-state index contributed by atoms with van der Waals surface area (Å²) in [6.45, 7) is 6.06. The van der Waals surface area contributed by atoms with Crippen LogP contribution in [0.3, 0.4) is 0 Å². The maximum Gasteiger partial charge on any atom is 0.341 e. The van der Waals surface area contributed by atoms with Crippen LogP contribution in [0.1, 0.15) is 29.8 Å². The molecule has 0 aliphatic heterocycles. The van der Waals surface area contributed by atoms with Crippen LogP contribution in [0.15, 0.2) is 18.2 Å². The van der Waals surface area contributed by atoms with E-state index < -0.39 is 0 Å². The minimum absolute atomic E-state index is 0.369. The van der Waals surface area contributed by atoms with Gasteiger partial charge in [-0.1, -0.05) is 13.0 Å². The average molecular weight is 237 g/mol. The van der Waals surface area contributed by atoms with Gasteiger partial charge in [0.25, 0.3) is 0 Å². The zero-order chi connectivity index (χ0) is 12.7. The molecule has 1 aromatic carbocycles. The maximum absolute atomic E-state index is 11.6. The van der Waals surface area contributed by atoms with Gasteiger partial charge in [-0.25, -0.2) is 4.79 Å². The van der Waals surface area contributed by atoms with Gasteiger partial charge in [0.15, 0.2) is 0 Å². The molecule has 0 aliphatic rings. The number of methoxy groups -OCH3 is 1. The van der Waals surface area contributed by atoms with Crippen LogP contribution < -0.4 is 10.1 Å². The van der Waals surface area contributed by atoms with Crippen LogP contribution in [0.25, 0.3) is 0 Å². The summed E-state index contributed by atoms with van der Waals surface area (Å²) in [5.41, 5.74) is 1.51. The van der Waals surface area contributed by atoms with E-state index in [0.717, 1.165) is 18.7 Å². The van der Waals surface area contributed by atoms with Crippen molar-refractivity contribution in [2.45, 2.75) is 20.4 Å². The van der Waals surface area contributed by atoms with E-state index in [2.05, 4.69) is 5.32 Å². The fourth-order valence-corrected chi connectivity index (χ4v) is 1.51. The Hall–Kier alpha value is -1.55. The van der Waals surface area contributed by atoms with E-state index in [1.54, 1.807) is 6.07 Å². The Labute approximate surface area is 102 Å². The summed E-state index contributed by atoms with van der Waals surface area (Å²) in [5.74, 6) is 0.200. The largest absolute Gasteiger partial charge is 0.493 e. The van der Waals surface area contributed by atoms with Crippen molar-refractivity contribution in [1.29, 1.82) is 0 Å². The number of nitrogens with one attached hydrogen (secondary N) is 1. The van der Waals surface area contributed by atoms with Crippen LogP contribution in [-0.4, -0.2) is 26.2 Å². The Balaban J connectivity index is 2.96. The molecule has 4 heteroatoms. The fourth-order valence-electron chi connectivity index (χ4n) is 1.51. The molecule has 0 saturated heterocycles. The first-order valence-corrected chi connectivity index (χ1v) is 5.77. The number of esters is 1. The Morgan fingerprint density at radius 3 is 2.71 bits per heavy atom. The lowest BCUT2D eigenvalue weighted by atomic mass is 10.1. The Kier molecular flexibility index (Phi) is 5.49. The van der Waals surface area contributed by atoms with Crippen molar-refractivity contribution < 1.29 is 14.3 Å². The smallest absolute Gasteiger partial charge is 0.341 e. The number of ether oxygens (including phenoxy) is 2. The molecule has 0 fully saturated rings. The van der Waals surface area contributed by atoms with Gasteiger partial charge < -0.3 is 14.8 Å². The highest BCUT2D eigenvalue weighted by Crippen LogP contribution is 2.21. The lowest BCUT2D eigenvalue weighted by molar-refractivity contribution is 0.0596. The first-order chi connectivity index (χ1) is 8.22. The van der Waals surface area contributed by atoms with Gasteiger partial charge in [-0.3, -0.25) is 0 Å². The minimum atomic E-state index is -0.369. The topological polar surface area (TPSA) is 47.6 Å². The minimum Gasteiger partial charge on any atom is -0.493 e. The molecule has 1 N–H and O–H groups in total. The number of hydrogen-bond donors (Lipinski definition) is 1. The van der Waals surface area contributed by atoms with E-state index in [1.165, 1.54) is 7.11 Å². The quantitative estimate of drug-likeness (QED) is 0.769. The molecule has 0 aromatic heterocycles. The summed E-state index contributed by atoms with van der Waals surface area (Å²) in [6.07, 6.45) is 0. The molecule has 0 amide bonds. The highest BCUT2D eigenvalue weighted by molar-refractivity contribution is 5.92. The second kappa shape index (κ2) is 6.91. The third-order valence-electron chi connectivity index (χ3n) is 2.33. The Morgan fingerprint density at radius 1 is 1.35 bits per heavy atom. The average Bonchev–Trinajstić information content (AvgIpc) is 2.37. The van der Waals surface area contributed by atoms with E-state index in [-0.39, 0.29) is 5.97 Å². The van der Waals surface area contributed by atoms with Crippen molar-refractivity contribution in [3.05, 3.63) is 29.3 Å². The van der Waals surface area contributed by atoms with Crippen LogP contribution in [0.5, 0.6) is 5.75 Å². The van der Waals surface area contributed by atoms with Crippen LogP contribution in [0.4, 0.5) is 0 Å². The van der Waals surface area contributed by atoms with Gasteiger partial charge >= 0.3 is 5.97 Å². The van der Waals surface area contributed by atoms with Crippen molar-refractivity contribution in [1.82, 2.24) is 5.32 Å². The lowest BCUT2D eigenvalue weighted by Crippen LogP contribution is -2.13. The van der Waals surface area contributed by atoms with Crippen LogP contribution in [0.2, 0.25) is 0 Å². The molecule has 0 spiro atoms. The van der Waals surface area contributed by atoms with Crippen LogP contribution >= 0.6 is 0 Å². The number of benzene rings is 1. The van der Waals surface area contributed by atoms with Crippen LogP contribution in [-0.2, 0) is 11.3 Å². The van der Waals surface area contributed by atoms with Gasteiger partial charge in [0.05, 0.1) is 13.7 Å². The number of carbonyl (C=O) groups excluding carboxylic acids is 1. The molecule has 0 aliphatic carbocycles. The molecule has 1 rings (SSSR count). The zero-order valence-electron chi connectivity index (χ0n) is 10.6. The summed E-state index contributed by atoms with van der Waals surface area (Å²) >= 11 is 0. The monoisotopic (exact) mass is 237 g/mol. The van der Waals surface area contributed by atoms with Crippen molar-refractivity contribution in [2.75, 3.05) is 20.3 Å². The first-order valence-electron chi connectivity index (χ1n) is 5.77. The van der Waals surface area contributed by atoms with Gasteiger partial charge in [0.2, 0.25) is 0 Å². The predicted octanol–water partition coefficient (Wildman–Crippen LogP) is 1.98. The van der Waals surface area contributed by atoms with Crippen molar-refractivity contribution >= 4 is 5.97 Å².